The first kappa shape index (κ1) is 15.5. The molecule has 1 unspecified atom stereocenters. The zero-order chi connectivity index (χ0) is 13.7. The minimum Gasteiger partial charge on any atom is -0.393 e. The Hall–Kier alpha value is -0.580. The molecule has 18 heavy (non-hydrogen) atoms. The Bertz CT molecular complexity index is 423. The standard InChI is InChI=1S/C13H17BrClNO2/c1-8(2)12(17)5-6-16-13(18)10-4-3-9(14)7-11(10)15/h3-4,7-8,12,17H,5-6H2,1-2H3,(H,16,18). The van der Waals surface area contributed by atoms with Crippen LogP contribution in [0.25, 0.3) is 0 Å². The highest BCUT2D eigenvalue weighted by Crippen LogP contribution is 2.21. The van der Waals surface area contributed by atoms with Gasteiger partial charge >= 0.3 is 0 Å². The van der Waals surface area contributed by atoms with E-state index in [4.69, 9.17) is 11.6 Å². The molecule has 1 atom stereocenters. The summed E-state index contributed by atoms with van der Waals surface area (Å²) in [6.07, 6.45) is 0.142. The first-order valence-electron chi connectivity index (χ1n) is 5.83. The van der Waals surface area contributed by atoms with Crippen LogP contribution in [0, 0.1) is 5.92 Å². The van der Waals surface area contributed by atoms with Crippen LogP contribution in [0.2, 0.25) is 5.02 Å². The Morgan fingerprint density at radius 3 is 2.72 bits per heavy atom. The van der Waals surface area contributed by atoms with Crippen molar-refractivity contribution < 1.29 is 9.90 Å². The molecule has 0 heterocycles. The van der Waals surface area contributed by atoms with Gasteiger partial charge in [-0.15, -0.1) is 0 Å². The number of rotatable bonds is 5. The molecular weight excluding hydrogens is 318 g/mol. The van der Waals surface area contributed by atoms with E-state index in [1.54, 1.807) is 18.2 Å². The zero-order valence-corrected chi connectivity index (χ0v) is 12.8. The van der Waals surface area contributed by atoms with E-state index in [1.165, 1.54) is 0 Å². The summed E-state index contributed by atoms with van der Waals surface area (Å²) in [6, 6.07) is 5.11. The number of benzene rings is 1. The lowest BCUT2D eigenvalue weighted by Crippen LogP contribution is -2.28. The van der Waals surface area contributed by atoms with Gasteiger partial charge in [0.1, 0.15) is 0 Å². The zero-order valence-electron chi connectivity index (χ0n) is 10.4. The fourth-order valence-corrected chi connectivity index (χ4v) is 2.20. The third-order valence-corrected chi connectivity index (χ3v) is 3.48. The number of carbonyl (C=O) groups is 1. The summed E-state index contributed by atoms with van der Waals surface area (Å²) in [7, 11) is 0. The van der Waals surface area contributed by atoms with Gasteiger partial charge in [0.05, 0.1) is 16.7 Å². The number of aliphatic hydroxyl groups is 1. The van der Waals surface area contributed by atoms with Gasteiger partial charge in [-0.2, -0.15) is 0 Å². The molecule has 0 spiro atoms. The molecule has 0 saturated heterocycles. The summed E-state index contributed by atoms with van der Waals surface area (Å²) in [5.74, 6) is -0.0263. The van der Waals surface area contributed by atoms with Gasteiger partial charge in [0.25, 0.3) is 5.91 Å². The van der Waals surface area contributed by atoms with Gasteiger partial charge in [-0.1, -0.05) is 41.4 Å². The molecule has 0 aliphatic heterocycles. The maximum absolute atomic E-state index is 11.8. The van der Waals surface area contributed by atoms with E-state index in [0.29, 0.717) is 23.6 Å². The minimum atomic E-state index is -0.398. The minimum absolute atomic E-state index is 0.193. The SMILES string of the molecule is CC(C)C(O)CCNC(=O)c1ccc(Br)cc1Cl. The Morgan fingerprint density at radius 2 is 2.17 bits per heavy atom. The molecule has 1 aromatic rings. The normalized spacial score (nSPS) is 12.6. The number of hydrogen-bond donors (Lipinski definition) is 2. The van der Waals surface area contributed by atoms with Crippen LogP contribution in [-0.4, -0.2) is 23.7 Å². The number of aliphatic hydroxyl groups excluding tert-OH is 1. The highest BCUT2D eigenvalue weighted by Gasteiger charge is 2.12. The number of amides is 1. The molecule has 0 aliphatic carbocycles. The smallest absolute Gasteiger partial charge is 0.252 e. The van der Waals surface area contributed by atoms with Crippen molar-refractivity contribution in [2.24, 2.45) is 5.92 Å². The van der Waals surface area contributed by atoms with E-state index in [1.807, 2.05) is 13.8 Å². The molecule has 1 aromatic carbocycles. The van der Waals surface area contributed by atoms with Crippen molar-refractivity contribution in [1.82, 2.24) is 5.32 Å². The van der Waals surface area contributed by atoms with Crippen molar-refractivity contribution in [2.45, 2.75) is 26.4 Å². The Balaban J connectivity index is 2.51. The van der Waals surface area contributed by atoms with Crippen LogP contribution in [0.5, 0.6) is 0 Å². The summed E-state index contributed by atoms with van der Waals surface area (Å²) in [4.78, 5) is 11.8. The third kappa shape index (κ3) is 4.59. The van der Waals surface area contributed by atoms with Crippen molar-refractivity contribution in [1.29, 1.82) is 0 Å². The van der Waals surface area contributed by atoms with Gasteiger partial charge < -0.3 is 10.4 Å². The average molecular weight is 335 g/mol. The van der Waals surface area contributed by atoms with Gasteiger partial charge in [-0.3, -0.25) is 4.79 Å². The van der Waals surface area contributed by atoms with Crippen LogP contribution in [0.4, 0.5) is 0 Å². The second-order valence-electron chi connectivity index (χ2n) is 4.48. The number of carbonyl (C=O) groups excluding carboxylic acids is 1. The van der Waals surface area contributed by atoms with Crippen molar-refractivity contribution in [3.63, 3.8) is 0 Å². The van der Waals surface area contributed by atoms with Gasteiger partial charge in [0.2, 0.25) is 0 Å². The van der Waals surface area contributed by atoms with Gasteiger partial charge in [-0.05, 0) is 30.5 Å². The summed E-state index contributed by atoms with van der Waals surface area (Å²) in [5, 5.41) is 12.8. The van der Waals surface area contributed by atoms with Crippen LogP contribution in [0.3, 0.4) is 0 Å². The van der Waals surface area contributed by atoms with E-state index < -0.39 is 6.10 Å². The van der Waals surface area contributed by atoms with Crippen LogP contribution in [-0.2, 0) is 0 Å². The fraction of sp³-hybridized carbons (Fsp3) is 0.462. The molecule has 1 rings (SSSR count). The first-order valence-corrected chi connectivity index (χ1v) is 7.00. The largest absolute Gasteiger partial charge is 0.393 e. The van der Waals surface area contributed by atoms with Crippen LogP contribution in [0.1, 0.15) is 30.6 Å². The predicted molar refractivity (Wildman–Crippen MR) is 76.9 cm³/mol. The van der Waals surface area contributed by atoms with E-state index >= 15 is 0 Å². The molecule has 0 aromatic heterocycles. The highest BCUT2D eigenvalue weighted by atomic mass is 79.9. The molecule has 0 radical (unpaired) electrons. The van der Waals surface area contributed by atoms with Crippen LogP contribution >= 0.6 is 27.5 Å². The van der Waals surface area contributed by atoms with E-state index in [2.05, 4.69) is 21.2 Å². The summed E-state index contributed by atoms with van der Waals surface area (Å²) >= 11 is 9.26. The number of hydrogen-bond acceptors (Lipinski definition) is 2. The molecule has 100 valence electrons. The van der Waals surface area contributed by atoms with Crippen molar-refractivity contribution in [2.75, 3.05) is 6.54 Å². The Labute approximate surface area is 121 Å². The molecule has 2 N–H and O–H groups in total. The maximum atomic E-state index is 11.8. The molecule has 0 aliphatic rings. The van der Waals surface area contributed by atoms with Crippen LogP contribution in [0.15, 0.2) is 22.7 Å². The van der Waals surface area contributed by atoms with Gasteiger partial charge in [0.15, 0.2) is 0 Å². The molecule has 1 amide bonds. The predicted octanol–water partition coefficient (Wildman–Crippen LogP) is 3.24. The molecule has 0 fully saturated rings. The van der Waals surface area contributed by atoms with E-state index in [9.17, 15) is 9.90 Å². The second-order valence-corrected chi connectivity index (χ2v) is 5.80. The summed E-state index contributed by atoms with van der Waals surface area (Å²) in [5.41, 5.74) is 0.443. The second kappa shape index (κ2) is 7.12. The topological polar surface area (TPSA) is 49.3 Å². The first-order chi connectivity index (χ1) is 8.41. The monoisotopic (exact) mass is 333 g/mol. The third-order valence-electron chi connectivity index (χ3n) is 2.67. The lowest BCUT2D eigenvalue weighted by Gasteiger charge is -2.14. The van der Waals surface area contributed by atoms with Crippen LogP contribution < -0.4 is 5.32 Å². The molecule has 0 bridgehead atoms. The lowest BCUT2D eigenvalue weighted by atomic mass is 10.0. The number of nitrogens with one attached hydrogen (secondary N) is 1. The van der Waals surface area contributed by atoms with E-state index in [-0.39, 0.29) is 11.8 Å². The molecule has 3 nitrogen and oxygen atoms in total. The average Bonchev–Trinajstić information content (AvgIpc) is 2.28. The fourth-order valence-electron chi connectivity index (χ4n) is 1.44. The Kier molecular flexibility index (Phi) is 6.12. The van der Waals surface area contributed by atoms with Gasteiger partial charge in [0, 0.05) is 11.0 Å². The quantitative estimate of drug-likeness (QED) is 0.868. The highest BCUT2D eigenvalue weighted by molar-refractivity contribution is 9.10. The van der Waals surface area contributed by atoms with E-state index in [0.717, 1.165) is 4.47 Å². The molecular formula is C13H17BrClNO2. The number of halogens is 2. The maximum Gasteiger partial charge on any atom is 0.252 e. The summed E-state index contributed by atoms with van der Waals surface area (Å²) in [6.45, 7) is 4.32. The van der Waals surface area contributed by atoms with Crippen molar-refractivity contribution in [3.8, 4) is 0 Å². The van der Waals surface area contributed by atoms with Gasteiger partial charge in [-0.25, -0.2) is 0 Å². The summed E-state index contributed by atoms with van der Waals surface area (Å²) < 4.78 is 0.833. The molecule has 5 heteroatoms. The lowest BCUT2D eigenvalue weighted by molar-refractivity contribution is 0.0920. The Morgan fingerprint density at radius 1 is 1.50 bits per heavy atom. The molecule has 0 saturated carbocycles. The van der Waals surface area contributed by atoms with Crippen molar-refractivity contribution in [3.05, 3.63) is 33.3 Å². The van der Waals surface area contributed by atoms with Crippen molar-refractivity contribution >= 4 is 33.4 Å².